The predicted molar refractivity (Wildman–Crippen MR) is 93.6 cm³/mol. The van der Waals surface area contributed by atoms with Crippen molar-refractivity contribution >= 4 is 30.7 Å². The number of hydrogen-bond acceptors (Lipinski definition) is 3. The Morgan fingerprint density at radius 3 is 2.27 bits per heavy atom. The van der Waals surface area contributed by atoms with Gasteiger partial charge in [-0.3, -0.25) is 9.78 Å². The van der Waals surface area contributed by atoms with Crippen molar-refractivity contribution in [2.45, 2.75) is 13.0 Å². The third kappa shape index (κ3) is 6.02. The highest BCUT2D eigenvalue weighted by molar-refractivity contribution is 5.94. The molecule has 2 aromatic rings. The van der Waals surface area contributed by atoms with E-state index >= 15 is 0 Å². The van der Waals surface area contributed by atoms with Crippen LogP contribution in [0.2, 0.25) is 0 Å². The van der Waals surface area contributed by atoms with Crippen LogP contribution in [0.5, 0.6) is 0 Å². The van der Waals surface area contributed by atoms with Gasteiger partial charge in [0.25, 0.3) is 5.91 Å². The number of carbonyl (C=O) groups is 1. The SMILES string of the molecule is Cl.Cl.NCCCN(Cc1ccccc1)C(=O)c1ccncc1. The van der Waals surface area contributed by atoms with Crippen molar-refractivity contribution in [1.82, 2.24) is 9.88 Å². The van der Waals surface area contributed by atoms with E-state index in [2.05, 4.69) is 4.98 Å². The van der Waals surface area contributed by atoms with Crippen LogP contribution < -0.4 is 5.73 Å². The summed E-state index contributed by atoms with van der Waals surface area (Å²) in [6.07, 6.45) is 4.07. The van der Waals surface area contributed by atoms with Gasteiger partial charge >= 0.3 is 0 Å². The van der Waals surface area contributed by atoms with Crippen molar-refractivity contribution in [3.05, 3.63) is 66.0 Å². The van der Waals surface area contributed by atoms with Crippen molar-refractivity contribution < 1.29 is 4.79 Å². The van der Waals surface area contributed by atoms with E-state index in [1.807, 2.05) is 35.2 Å². The van der Waals surface area contributed by atoms with E-state index in [9.17, 15) is 4.79 Å². The second-order valence-corrected chi connectivity index (χ2v) is 4.59. The van der Waals surface area contributed by atoms with E-state index in [-0.39, 0.29) is 30.7 Å². The first kappa shape index (κ1) is 20.4. The molecule has 1 aromatic carbocycles. The van der Waals surface area contributed by atoms with Crippen molar-refractivity contribution in [2.24, 2.45) is 5.73 Å². The zero-order valence-electron chi connectivity index (χ0n) is 12.2. The van der Waals surface area contributed by atoms with Gasteiger partial charge in [0.1, 0.15) is 0 Å². The van der Waals surface area contributed by atoms with Crippen molar-refractivity contribution in [1.29, 1.82) is 0 Å². The average molecular weight is 342 g/mol. The second kappa shape index (κ2) is 11.0. The summed E-state index contributed by atoms with van der Waals surface area (Å²) < 4.78 is 0. The Labute approximate surface area is 143 Å². The molecule has 1 aromatic heterocycles. The molecule has 2 rings (SSSR count). The number of pyridine rings is 1. The zero-order valence-corrected chi connectivity index (χ0v) is 13.9. The van der Waals surface area contributed by atoms with E-state index in [1.54, 1.807) is 24.5 Å². The van der Waals surface area contributed by atoms with E-state index in [1.165, 1.54) is 0 Å². The lowest BCUT2D eigenvalue weighted by atomic mass is 10.1. The van der Waals surface area contributed by atoms with E-state index in [4.69, 9.17) is 5.73 Å². The Bertz CT molecular complexity index is 538. The minimum atomic E-state index is 0. The minimum absolute atomic E-state index is 0. The Morgan fingerprint density at radius 1 is 1.05 bits per heavy atom. The fraction of sp³-hybridized carbons (Fsp3) is 0.250. The molecule has 4 nitrogen and oxygen atoms in total. The second-order valence-electron chi connectivity index (χ2n) is 4.59. The van der Waals surface area contributed by atoms with Crippen LogP contribution in [0.1, 0.15) is 22.3 Å². The maximum Gasteiger partial charge on any atom is 0.254 e. The summed E-state index contributed by atoms with van der Waals surface area (Å²) >= 11 is 0. The number of halogens is 2. The Kier molecular flexibility index (Phi) is 10.2. The summed E-state index contributed by atoms with van der Waals surface area (Å²) in [4.78, 5) is 18.3. The summed E-state index contributed by atoms with van der Waals surface area (Å²) in [6, 6.07) is 13.5. The first-order chi connectivity index (χ1) is 9.81. The van der Waals surface area contributed by atoms with Gasteiger partial charge in [-0.25, -0.2) is 0 Å². The van der Waals surface area contributed by atoms with Gasteiger partial charge in [0.2, 0.25) is 0 Å². The van der Waals surface area contributed by atoms with Crippen molar-refractivity contribution in [2.75, 3.05) is 13.1 Å². The lowest BCUT2D eigenvalue weighted by Crippen LogP contribution is -2.32. The summed E-state index contributed by atoms with van der Waals surface area (Å²) in [7, 11) is 0. The lowest BCUT2D eigenvalue weighted by Gasteiger charge is -2.22. The van der Waals surface area contributed by atoms with Crippen molar-refractivity contribution in [3.8, 4) is 0 Å². The van der Waals surface area contributed by atoms with E-state index < -0.39 is 0 Å². The molecule has 0 aliphatic heterocycles. The number of carbonyl (C=O) groups excluding carboxylic acids is 1. The highest BCUT2D eigenvalue weighted by atomic mass is 35.5. The number of hydrogen-bond donors (Lipinski definition) is 1. The van der Waals surface area contributed by atoms with Crippen LogP contribution in [0.3, 0.4) is 0 Å². The molecule has 0 fully saturated rings. The summed E-state index contributed by atoms with van der Waals surface area (Å²) in [6.45, 7) is 1.84. The summed E-state index contributed by atoms with van der Waals surface area (Å²) in [5.41, 5.74) is 7.34. The van der Waals surface area contributed by atoms with Crippen LogP contribution in [0, 0.1) is 0 Å². The van der Waals surface area contributed by atoms with Crippen LogP contribution >= 0.6 is 24.8 Å². The molecule has 0 radical (unpaired) electrons. The molecule has 0 spiro atoms. The van der Waals surface area contributed by atoms with Crippen LogP contribution in [-0.2, 0) is 6.54 Å². The van der Waals surface area contributed by atoms with Crippen LogP contribution in [0.15, 0.2) is 54.9 Å². The number of aromatic nitrogens is 1. The largest absolute Gasteiger partial charge is 0.334 e. The first-order valence-electron chi connectivity index (χ1n) is 6.74. The van der Waals surface area contributed by atoms with Gasteiger partial charge in [0.05, 0.1) is 0 Å². The van der Waals surface area contributed by atoms with Gasteiger partial charge in [0, 0.05) is 31.0 Å². The monoisotopic (exact) mass is 341 g/mol. The molecule has 1 heterocycles. The third-order valence-corrected chi connectivity index (χ3v) is 3.06. The maximum atomic E-state index is 12.5. The molecular formula is C16H21Cl2N3O. The van der Waals surface area contributed by atoms with Crippen LogP contribution in [0.25, 0.3) is 0 Å². The minimum Gasteiger partial charge on any atom is -0.334 e. The van der Waals surface area contributed by atoms with Crippen LogP contribution in [0.4, 0.5) is 0 Å². The molecule has 22 heavy (non-hydrogen) atoms. The third-order valence-electron chi connectivity index (χ3n) is 3.06. The summed E-state index contributed by atoms with van der Waals surface area (Å²) in [5.74, 6) is 0.0182. The molecule has 0 bridgehead atoms. The highest BCUT2D eigenvalue weighted by Crippen LogP contribution is 2.10. The van der Waals surface area contributed by atoms with Crippen molar-refractivity contribution in [3.63, 3.8) is 0 Å². The molecule has 0 aliphatic carbocycles. The smallest absolute Gasteiger partial charge is 0.254 e. The van der Waals surface area contributed by atoms with E-state index in [0.717, 1.165) is 12.0 Å². The van der Waals surface area contributed by atoms with Gasteiger partial charge in [-0.05, 0) is 30.7 Å². The Balaban J connectivity index is 0.00000220. The topological polar surface area (TPSA) is 59.2 Å². The van der Waals surface area contributed by atoms with Gasteiger partial charge in [-0.15, -0.1) is 24.8 Å². The van der Waals surface area contributed by atoms with Gasteiger partial charge < -0.3 is 10.6 Å². The number of amides is 1. The van der Waals surface area contributed by atoms with Gasteiger partial charge in [0.15, 0.2) is 0 Å². The number of nitrogens with zero attached hydrogens (tertiary/aromatic N) is 2. The lowest BCUT2D eigenvalue weighted by molar-refractivity contribution is 0.0742. The first-order valence-corrected chi connectivity index (χ1v) is 6.74. The molecule has 2 N–H and O–H groups in total. The van der Waals surface area contributed by atoms with E-state index in [0.29, 0.717) is 25.2 Å². The molecule has 120 valence electrons. The fourth-order valence-corrected chi connectivity index (χ4v) is 2.02. The molecule has 0 atom stereocenters. The van der Waals surface area contributed by atoms with Crippen LogP contribution in [-0.4, -0.2) is 28.9 Å². The molecule has 0 unspecified atom stereocenters. The normalized spacial score (nSPS) is 9.32. The fourth-order valence-electron chi connectivity index (χ4n) is 2.02. The molecule has 0 saturated carbocycles. The molecule has 6 heteroatoms. The standard InChI is InChI=1S/C16H19N3O.2ClH/c17-9-4-12-19(13-14-5-2-1-3-6-14)16(20)15-7-10-18-11-8-15;;/h1-3,5-8,10-11H,4,9,12-13,17H2;2*1H. The molecule has 0 aliphatic rings. The Morgan fingerprint density at radius 2 is 1.68 bits per heavy atom. The van der Waals surface area contributed by atoms with Gasteiger partial charge in [-0.2, -0.15) is 0 Å². The number of nitrogens with two attached hydrogens (primary N) is 1. The Hall–Kier alpha value is -1.62. The average Bonchev–Trinajstić information content (AvgIpc) is 2.52. The molecule has 0 saturated heterocycles. The predicted octanol–water partition coefficient (Wildman–Crippen LogP) is 2.92. The highest BCUT2D eigenvalue weighted by Gasteiger charge is 2.15. The summed E-state index contributed by atoms with van der Waals surface area (Å²) in [5, 5.41) is 0. The molecule has 1 amide bonds. The maximum absolute atomic E-state index is 12.5. The molecular weight excluding hydrogens is 321 g/mol. The van der Waals surface area contributed by atoms with Gasteiger partial charge in [-0.1, -0.05) is 30.3 Å². The quantitative estimate of drug-likeness (QED) is 0.878. The number of benzene rings is 1. The number of rotatable bonds is 6. The zero-order chi connectivity index (χ0) is 14.2.